The van der Waals surface area contributed by atoms with Crippen molar-refractivity contribution in [2.45, 2.75) is 0 Å². The summed E-state index contributed by atoms with van der Waals surface area (Å²) >= 11 is 0. The van der Waals surface area contributed by atoms with Gasteiger partial charge in [-0.25, -0.2) is 9.97 Å². The van der Waals surface area contributed by atoms with Gasteiger partial charge in [0.1, 0.15) is 18.8 Å². The summed E-state index contributed by atoms with van der Waals surface area (Å²) in [5.74, 6) is 3.73. The number of hydrogen-bond donors (Lipinski definition) is 1. The van der Waals surface area contributed by atoms with Gasteiger partial charge in [-0.1, -0.05) is 18.1 Å². The molecule has 0 unspecified atom stereocenters. The number of terminal acetylenes is 1. The molecule has 0 bridgehead atoms. The minimum absolute atomic E-state index is 0.0844. The molecule has 31 heavy (non-hydrogen) atoms. The number of likely N-dealkylation sites (N-methyl/N-ethyl adjacent to an activating group) is 1. The maximum atomic E-state index is 12.8. The lowest BCUT2D eigenvalue weighted by Crippen LogP contribution is -2.37. The van der Waals surface area contributed by atoms with Crippen molar-refractivity contribution < 1.29 is 9.53 Å². The number of nitrogens with zero attached hydrogens (tertiary/aromatic N) is 4. The summed E-state index contributed by atoms with van der Waals surface area (Å²) in [6.07, 6.45) is 10.5. The Morgan fingerprint density at radius 1 is 1.32 bits per heavy atom. The molecule has 4 rings (SSSR count). The first kappa shape index (κ1) is 20.4. The van der Waals surface area contributed by atoms with Gasteiger partial charge in [-0.3, -0.25) is 4.79 Å². The van der Waals surface area contributed by atoms with Gasteiger partial charge in [-0.05, 0) is 44.4 Å². The molecule has 7 nitrogen and oxygen atoms in total. The second kappa shape index (κ2) is 8.86. The number of carbonyl (C=O) groups excluding carboxylic acids is 1. The van der Waals surface area contributed by atoms with Crippen LogP contribution in [-0.2, 0) is 4.79 Å². The van der Waals surface area contributed by atoms with Crippen LogP contribution in [0, 0.1) is 12.3 Å². The van der Waals surface area contributed by atoms with Crippen LogP contribution in [0.25, 0.3) is 10.9 Å². The van der Waals surface area contributed by atoms with Crippen LogP contribution in [0.1, 0.15) is 5.56 Å². The van der Waals surface area contributed by atoms with E-state index >= 15 is 0 Å². The van der Waals surface area contributed by atoms with E-state index in [0.29, 0.717) is 37.0 Å². The molecule has 0 aliphatic carbocycles. The minimum Gasteiger partial charge on any atom is -0.489 e. The van der Waals surface area contributed by atoms with Crippen LogP contribution in [0.15, 0.2) is 54.9 Å². The summed E-state index contributed by atoms with van der Waals surface area (Å²) in [6.45, 7) is 1.56. The number of fused-ring (bicyclic) bond motifs is 3. The molecule has 3 aromatic rings. The third-order valence-corrected chi connectivity index (χ3v) is 4.88. The maximum Gasteiger partial charge on any atom is 0.250 e. The zero-order valence-corrected chi connectivity index (χ0v) is 17.5. The van der Waals surface area contributed by atoms with E-state index in [1.54, 1.807) is 11.0 Å². The van der Waals surface area contributed by atoms with Gasteiger partial charge in [-0.2, -0.15) is 0 Å². The Morgan fingerprint density at radius 2 is 2.19 bits per heavy atom. The number of benzene rings is 2. The number of amides is 1. The van der Waals surface area contributed by atoms with E-state index in [9.17, 15) is 4.79 Å². The average Bonchev–Trinajstić information content (AvgIpc) is 2.78. The highest BCUT2D eigenvalue weighted by Crippen LogP contribution is 2.41. The molecule has 0 atom stereocenters. The van der Waals surface area contributed by atoms with E-state index in [2.05, 4.69) is 21.2 Å². The van der Waals surface area contributed by atoms with Gasteiger partial charge in [0.25, 0.3) is 5.91 Å². The van der Waals surface area contributed by atoms with E-state index in [4.69, 9.17) is 11.2 Å². The Kier molecular flexibility index (Phi) is 5.83. The van der Waals surface area contributed by atoms with Crippen molar-refractivity contribution in [3.63, 3.8) is 0 Å². The van der Waals surface area contributed by atoms with Gasteiger partial charge in [0.15, 0.2) is 5.75 Å². The average molecular weight is 413 g/mol. The van der Waals surface area contributed by atoms with Crippen LogP contribution in [0.4, 0.5) is 17.2 Å². The molecule has 1 aliphatic heterocycles. The quantitative estimate of drug-likeness (QED) is 0.512. The number of aromatic nitrogens is 2. The normalized spacial score (nSPS) is 13.2. The van der Waals surface area contributed by atoms with Gasteiger partial charge in [0.05, 0.1) is 23.1 Å². The Bertz CT molecular complexity index is 1200. The van der Waals surface area contributed by atoms with Crippen molar-refractivity contribution in [1.82, 2.24) is 14.9 Å². The number of hydrogen-bond acceptors (Lipinski definition) is 6. The lowest BCUT2D eigenvalue weighted by Gasteiger charge is -2.30. The Labute approximate surface area is 181 Å². The molecule has 1 aromatic heterocycles. The summed E-state index contributed by atoms with van der Waals surface area (Å²) in [5, 5.41) is 4.04. The van der Waals surface area contributed by atoms with E-state index in [-0.39, 0.29) is 5.91 Å². The van der Waals surface area contributed by atoms with Gasteiger partial charge in [0, 0.05) is 23.9 Å². The molecule has 0 radical (unpaired) electrons. The highest BCUT2D eigenvalue weighted by atomic mass is 16.5. The van der Waals surface area contributed by atoms with Gasteiger partial charge < -0.3 is 19.9 Å². The van der Waals surface area contributed by atoms with Crippen molar-refractivity contribution in [3.05, 3.63) is 60.4 Å². The molecule has 7 heteroatoms. The Morgan fingerprint density at radius 3 is 3.00 bits per heavy atom. The molecular formula is C24H23N5O2. The summed E-state index contributed by atoms with van der Waals surface area (Å²) in [4.78, 5) is 25.3. The van der Waals surface area contributed by atoms with E-state index in [1.807, 2.05) is 61.5 Å². The highest BCUT2D eigenvalue weighted by Gasteiger charge is 2.26. The molecule has 0 spiro atoms. The first-order valence-electron chi connectivity index (χ1n) is 9.94. The minimum atomic E-state index is -0.0844. The third kappa shape index (κ3) is 4.34. The second-order valence-electron chi connectivity index (χ2n) is 7.38. The summed E-state index contributed by atoms with van der Waals surface area (Å²) in [7, 11) is 3.91. The van der Waals surface area contributed by atoms with E-state index < -0.39 is 0 Å². The first-order chi connectivity index (χ1) is 15.1. The van der Waals surface area contributed by atoms with Crippen molar-refractivity contribution in [3.8, 4) is 18.1 Å². The lowest BCUT2D eigenvalue weighted by atomic mass is 10.1. The molecular weight excluding hydrogens is 390 g/mol. The number of anilines is 3. The maximum absolute atomic E-state index is 12.8. The second-order valence-corrected chi connectivity index (χ2v) is 7.38. The number of carbonyl (C=O) groups is 1. The number of rotatable bonds is 5. The molecule has 0 saturated heterocycles. The lowest BCUT2D eigenvalue weighted by molar-refractivity contribution is -0.114. The van der Waals surface area contributed by atoms with Crippen LogP contribution in [0.2, 0.25) is 0 Å². The zero-order chi connectivity index (χ0) is 21.8. The van der Waals surface area contributed by atoms with Crippen LogP contribution in [0.3, 0.4) is 0 Å². The molecule has 2 heterocycles. The molecule has 1 amide bonds. The zero-order valence-electron chi connectivity index (χ0n) is 17.5. The van der Waals surface area contributed by atoms with E-state index in [0.717, 1.165) is 22.2 Å². The smallest absolute Gasteiger partial charge is 0.250 e. The van der Waals surface area contributed by atoms with Gasteiger partial charge in [-0.15, -0.1) is 6.42 Å². The fourth-order valence-corrected chi connectivity index (χ4v) is 3.43. The number of ether oxygens (including phenoxy) is 1. The molecule has 1 aliphatic rings. The topological polar surface area (TPSA) is 70.6 Å². The standard InChI is InChI=1S/C24H23N5O2/c1-4-17-7-5-8-18(15-17)27-24-22-19(25-16-26-24)10-11-20-23(22)31-14-13-29(20)21(30)9-6-12-28(2)3/h1,5-11,15-16H,12-14H2,2-3H3,(H,25,26,27)/b9-6+. The van der Waals surface area contributed by atoms with Crippen molar-refractivity contribution in [1.29, 1.82) is 0 Å². The Balaban J connectivity index is 1.73. The molecule has 156 valence electrons. The highest BCUT2D eigenvalue weighted by molar-refractivity contribution is 6.07. The van der Waals surface area contributed by atoms with Crippen molar-refractivity contribution >= 4 is 34.0 Å². The molecule has 2 aromatic carbocycles. The monoisotopic (exact) mass is 413 g/mol. The summed E-state index contributed by atoms with van der Waals surface area (Å²) < 4.78 is 6.00. The van der Waals surface area contributed by atoms with Crippen LogP contribution in [-0.4, -0.2) is 54.6 Å². The van der Waals surface area contributed by atoms with Crippen molar-refractivity contribution in [2.75, 3.05) is 44.0 Å². The molecule has 0 saturated carbocycles. The van der Waals surface area contributed by atoms with Crippen molar-refractivity contribution in [2.24, 2.45) is 0 Å². The predicted octanol–water partition coefficient (Wildman–Crippen LogP) is 3.20. The van der Waals surface area contributed by atoms with Crippen LogP contribution in [0.5, 0.6) is 5.75 Å². The first-order valence-corrected chi connectivity index (χ1v) is 9.94. The summed E-state index contributed by atoms with van der Waals surface area (Å²) in [5.41, 5.74) is 3.00. The Hall–Kier alpha value is -3.89. The van der Waals surface area contributed by atoms with E-state index in [1.165, 1.54) is 6.33 Å². The SMILES string of the molecule is C#Cc1cccc(Nc2ncnc3ccc4c(c23)OCCN4C(=O)/C=C/CN(C)C)c1. The molecule has 0 fully saturated rings. The fourth-order valence-electron chi connectivity index (χ4n) is 3.43. The predicted molar refractivity (Wildman–Crippen MR) is 123 cm³/mol. The van der Waals surface area contributed by atoms with Crippen LogP contribution >= 0.6 is 0 Å². The third-order valence-electron chi connectivity index (χ3n) is 4.88. The van der Waals surface area contributed by atoms with Crippen LogP contribution < -0.4 is 15.0 Å². The fraction of sp³-hybridized carbons (Fsp3) is 0.208. The molecule has 1 N–H and O–H groups in total. The van der Waals surface area contributed by atoms with Gasteiger partial charge >= 0.3 is 0 Å². The van der Waals surface area contributed by atoms with Gasteiger partial charge in [0.2, 0.25) is 0 Å². The summed E-state index contributed by atoms with van der Waals surface area (Å²) in [6, 6.07) is 11.3. The largest absolute Gasteiger partial charge is 0.489 e. The number of nitrogens with one attached hydrogen (secondary N) is 1.